The molecular weight excluding hydrogens is 352 g/mol. The summed E-state index contributed by atoms with van der Waals surface area (Å²) in [7, 11) is 0. The number of benzene rings is 2. The zero-order valence-corrected chi connectivity index (χ0v) is 14.0. The molecule has 0 aliphatic rings. The van der Waals surface area contributed by atoms with E-state index in [1.807, 2.05) is 35.3 Å². The minimum Gasteiger partial charge on any atom is -0.485 e. The van der Waals surface area contributed by atoms with Gasteiger partial charge in [-0.05, 0) is 29.8 Å². The molecule has 4 aromatic rings. The second kappa shape index (κ2) is 7.16. The first-order valence-corrected chi connectivity index (χ1v) is 8.07. The maximum Gasteiger partial charge on any atom is 0.440 e. The molecule has 4 rings (SSSR count). The van der Waals surface area contributed by atoms with Gasteiger partial charge in [0.25, 0.3) is 5.89 Å². The van der Waals surface area contributed by atoms with Crippen LogP contribution >= 0.6 is 0 Å². The zero-order valence-electron chi connectivity index (χ0n) is 14.0. The van der Waals surface area contributed by atoms with Crippen molar-refractivity contribution in [1.82, 2.24) is 19.9 Å². The van der Waals surface area contributed by atoms with E-state index < -0.39 is 11.4 Å². The van der Waals surface area contributed by atoms with E-state index in [-0.39, 0.29) is 13.2 Å². The second-order valence-corrected chi connectivity index (χ2v) is 5.66. The van der Waals surface area contributed by atoms with Gasteiger partial charge in [0.1, 0.15) is 5.75 Å². The molecule has 2 heterocycles. The van der Waals surface area contributed by atoms with Crippen LogP contribution < -0.4 is 16.2 Å². The van der Waals surface area contributed by atoms with Crippen LogP contribution in [-0.4, -0.2) is 19.9 Å². The summed E-state index contributed by atoms with van der Waals surface area (Å²) in [6.45, 7) is 0.230. The average Bonchev–Trinajstić information content (AvgIpc) is 3.27. The molecule has 0 saturated carbocycles. The van der Waals surface area contributed by atoms with E-state index in [4.69, 9.17) is 13.8 Å². The summed E-state index contributed by atoms with van der Waals surface area (Å²) < 4.78 is 16.6. The van der Waals surface area contributed by atoms with Crippen LogP contribution in [0, 0.1) is 0 Å². The van der Waals surface area contributed by atoms with Crippen LogP contribution in [0.3, 0.4) is 0 Å². The van der Waals surface area contributed by atoms with Crippen LogP contribution in [0.25, 0.3) is 11.5 Å². The first-order chi connectivity index (χ1) is 13.2. The number of H-pyrrole nitrogens is 1. The normalized spacial score (nSPS) is 10.8. The zero-order chi connectivity index (χ0) is 18.6. The highest BCUT2D eigenvalue weighted by Crippen LogP contribution is 2.18. The molecule has 0 spiro atoms. The van der Waals surface area contributed by atoms with Gasteiger partial charge in [-0.3, -0.25) is 0 Å². The SMILES string of the molecule is O=c1[nH]c(=O)n(Cc2cccc(OCc3noc(-c4ccccc4)n3)c2)o1. The Balaban J connectivity index is 1.43. The number of nitrogens with one attached hydrogen (secondary N) is 1. The Labute approximate surface area is 151 Å². The van der Waals surface area contributed by atoms with Gasteiger partial charge in [-0.25, -0.2) is 14.6 Å². The van der Waals surface area contributed by atoms with Crippen molar-refractivity contribution in [2.45, 2.75) is 13.2 Å². The molecular formula is C18H14N4O5. The van der Waals surface area contributed by atoms with Gasteiger partial charge in [-0.2, -0.15) is 4.98 Å². The molecule has 2 aromatic heterocycles. The van der Waals surface area contributed by atoms with Gasteiger partial charge in [0.2, 0.25) is 5.82 Å². The molecule has 27 heavy (non-hydrogen) atoms. The molecule has 0 unspecified atom stereocenters. The van der Waals surface area contributed by atoms with Crippen molar-refractivity contribution in [1.29, 1.82) is 0 Å². The lowest BCUT2D eigenvalue weighted by Gasteiger charge is -2.05. The van der Waals surface area contributed by atoms with Crippen LogP contribution in [0.15, 0.2) is 73.2 Å². The molecule has 0 bridgehead atoms. The monoisotopic (exact) mass is 366 g/mol. The van der Waals surface area contributed by atoms with Gasteiger partial charge >= 0.3 is 11.4 Å². The minimum absolute atomic E-state index is 0.106. The third-order valence-electron chi connectivity index (χ3n) is 3.71. The van der Waals surface area contributed by atoms with E-state index in [0.717, 1.165) is 15.9 Å². The first-order valence-electron chi connectivity index (χ1n) is 8.07. The van der Waals surface area contributed by atoms with E-state index in [1.54, 1.807) is 24.3 Å². The van der Waals surface area contributed by atoms with Crippen molar-refractivity contribution in [3.63, 3.8) is 0 Å². The molecule has 0 amide bonds. The maximum atomic E-state index is 11.5. The highest BCUT2D eigenvalue weighted by atomic mass is 16.5. The van der Waals surface area contributed by atoms with Gasteiger partial charge in [0.15, 0.2) is 6.61 Å². The summed E-state index contributed by atoms with van der Waals surface area (Å²) in [6, 6.07) is 16.5. The summed E-state index contributed by atoms with van der Waals surface area (Å²) in [5, 5.41) is 3.90. The maximum absolute atomic E-state index is 11.5. The first kappa shape index (κ1) is 16.6. The Morgan fingerprint density at radius 2 is 1.93 bits per heavy atom. The summed E-state index contributed by atoms with van der Waals surface area (Å²) in [5.41, 5.74) is 0.957. The average molecular weight is 366 g/mol. The quantitative estimate of drug-likeness (QED) is 0.553. The number of aromatic nitrogens is 4. The Bertz CT molecular complexity index is 1160. The Hall–Kier alpha value is -3.88. The molecule has 0 aliphatic carbocycles. The van der Waals surface area contributed by atoms with Gasteiger partial charge < -0.3 is 13.8 Å². The van der Waals surface area contributed by atoms with Crippen LogP contribution in [0.1, 0.15) is 11.4 Å². The number of ether oxygens (including phenoxy) is 1. The lowest BCUT2D eigenvalue weighted by Crippen LogP contribution is -2.17. The van der Waals surface area contributed by atoms with Crippen molar-refractivity contribution in [3.8, 4) is 17.2 Å². The van der Waals surface area contributed by atoms with Gasteiger partial charge in [-0.15, -0.1) is 4.74 Å². The van der Waals surface area contributed by atoms with E-state index >= 15 is 0 Å². The highest BCUT2D eigenvalue weighted by molar-refractivity contribution is 5.51. The number of rotatable bonds is 6. The molecule has 9 nitrogen and oxygen atoms in total. The molecule has 9 heteroatoms. The highest BCUT2D eigenvalue weighted by Gasteiger charge is 2.09. The fourth-order valence-electron chi connectivity index (χ4n) is 2.48. The van der Waals surface area contributed by atoms with Crippen LogP contribution in [-0.2, 0) is 13.2 Å². The minimum atomic E-state index is -0.793. The van der Waals surface area contributed by atoms with Crippen LogP contribution in [0.5, 0.6) is 5.75 Å². The molecule has 0 aliphatic heterocycles. The Morgan fingerprint density at radius 3 is 2.70 bits per heavy atom. The van der Waals surface area contributed by atoms with Crippen LogP contribution in [0.2, 0.25) is 0 Å². The third-order valence-corrected chi connectivity index (χ3v) is 3.71. The second-order valence-electron chi connectivity index (χ2n) is 5.66. The predicted molar refractivity (Wildman–Crippen MR) is 93.2 cm³/mol. The van der Waals surface area contributed by atoms with Crippen molar-refractivity contribution < 1.29 is 13.8 Å². The van der Waals surface area contributed by atoms with Gasteiger partial charge in [-0.1, -0.05) is 35.5 Å². The topological polar surface area (TPSA) is 116 Å². The van der Waals surface area contributed by atoms with Gasteiger partial charge in [0, 0.05) is 5.56 Å². The lowest BCUT2D eigenvalue weighted by molar-refractivity contribution is 0.257. The van der Waals surface area contributed by atoms with E-state index in [2.05, 4.69) is 10.1 Å². The van der Waals surface area contributed by atoms with E-state index in [0.29, 0.717) is 17.5 Å². The fourth-order valence-corrected chi connectivity index (χ4v) is 2.48. The van der Waals surface area contributed by atoms with E-state index in [1.165, 1.54) is 0 Å². The molecule has 2 aromatic carbocycles. The van der Waals surface area contributed by atoms with Crippen LogP contribution in [0.4, 0.5) is 0 Å². The van der Waals surface area contributed by atoms with Gasteiger partial charge in [0.05, 0.1) is 6.54 Å². The molecule has 0 atom stereocenters. The number of hydrogen-bond acceptors (Lipinski definition) is 7. The third kappa shape index (κ3) is 3.87. The lowest BCUT2D eigenvalue weighted by atomic mass is 10.2. The number of nitrogens with zero attached hydrogens (tertiary/aromatic N) is 3. The summed E-state index contributed by atoms with van der Waals surface area (Å²) in [5.74, 6) is 0.597. The van der Waals surface area contributed by atoms with E-state index in [9.17, 15) is 9.59 Å². The predicted octanol–water partition coefficient (Wildman–Crippen LogP) is 1.81. The molecule has 0 saturated heterocycles. The number of aromatic amines is 1. The summed E-state index contributed by atoms with van der Waals surface area (Å²) >= 11 is 0. The molecule has 1 N–H and O–H groups in total. The Kier molecular flexibility index (Phi) is 4.40. The fraction of sp³-hybridized carbons (Fsp3) is 0.111. The van der Waals surface area contributed by atoms with Crippen molar-refractivity contribution >= 4 is 0 Å². The summed E-state index contributed by atoms with van der Waals surface area (Å²) in [6.07, 6.45) is 0. The largest absolute Gasteiger partial charge is 0.485 e. The van der Waals surface area contributed by atoms with Crippen molar-refractivity contribution in [2.24, 2.45) is 0 Å². The molecule has 0 radical (unpaired) electrons. The van der Waals surface area contributed by atoms with Crippen molar-refractivity contribution in [2.75, 3.05) is 0 Å². The molecule has 0 fully saturated rings. The standard InChI is InChI=1S/C18H14N4O5/c23-17-20-18(24)27-22(17)10-12-5-4-8-14(9-12)25-11-15-19-16(26-21-15)13-6-2-1-3-7-13/h1-9H,10-11H2,(H,20,23,24). The van der Waals surface area contributed by atoms with Crippen molar-refractivity contribution in [3.05, 3.63) is 87.0 Å². The Morgan fingerprint density at radius 1 is 1.07 bits per heavy atom. The summed E-state index contributed by atoms with van der Waals surface area (Å²) in [4.78, 5) is 28.9. The number of hydrogen-bond donors (Lipinski definition) is 1. The molecule has 136 valence electrons. The smallest absolute Gasteiger partial charge is 0.440 e.